The van der Waals surface area contributed by atoms with Crippen LogP contribution in [0.3, 0.4) is 0 Å². The summed E-state index contributed by atoms with van der Waals surface area (Å²) in [4.78, 5) is 4.35. The Kier molecular flexibility index (Phi) is 21.7. The highest BCUT2D eigenvalue weighted by molar-refractivity contribution is 14.1. The van der Waals surface area contributed by atoms with Crippen molar-refractivity contribution in [1.29, 1.82) is 0 Å². The zero-order chi connectivity index (χ0) is 76.2. The molecule has 0 aromatic heterocycles. The van der Waals surface area contributed by atoms with E-state index < -0.39 is 0 Å². The number of hydrogen-bond donors (Lipinski definition) is 1. The zero-order valence-corrected chi connectivity index (χ0v) is 65.3. The third-order valence-electron chi connectivity index (χ3n) is 21.2. The normalized spacial score (nSPS) is 11.0. The smallest absolute Gasteiger partial charge is 0.0467 e. The largest absolute Gasteiger partial charge is 0.356 e. The Morgan fingerprint density at radius 1 is 0.186 bits per heavy atom. The van der Waals surface area contributed by atoms with Crippen molar-refractivity contribution in [2.24, 2.45) is 0 Å². The van der Waals surface area contributed by atoms with Gasteiger partial charge in [0.15, 0.2) is 0 Å². The average Bonchev–Trinajstić information content (AvgIpc) is 0.860. The standard InChI is InChI=1S/C54H37N.C32H23N.C22H15Cl.CH3I/c1-2-13-40(14-3-1)54-37-45(35-44-17-6-9-24-53(44)54)43-20-10-21-48(36-43)55(46-31-27-41(28-32-46)51-25-11-18-38-15-4-7-22-49(38)51)47-33-29-42(30-34-47)52-26-12-19-39-16-5-8-23-50(39)52;1-3-11-29-23(7-1)9-5-13-31(29)25-15-19-27(20-16-25)33-28-21-17-26(18-22-28)32-14-6-10-24-8-2-4-12-30(24)32;23-20-11-6-10-17(14-20)19-13-18-9-4-5-12-21(18)22(15-19)16-7-2-1-3-8-16;1-2/h1-37H;1-22,33H;1-15H;1H3. The number of anilines is 5. The summed E-state index contributed by atoms with van der Waals surface area (Å²) in [5.74, 6) is 0. The van der Waals surface area contributed by atoms with Gasteiger partial charge >= 0.3 is 0 Å². The van der Waals surface area contributed by atoms with Crippen molar-refractivity contribution in [2.75, 3.05) is 15.1 Å². The average molecular weight is 1580 g/mol. The van der Waals surface area contributed by atoms with Gasteiger partial charge in [-0.15, -0.1) is 0 Å². The third kappa shape index (κ3) is 15.9. The molecule has 4 heteroatoms. The molecule has 0 aliphatic rings. The van der Waals surface area contributed by atoms with Crippen LogP contribution < -0.4 is 10.2 Å². The molecule has 0 fully saturated rings. The maximum atomic E-state index is 6.17. The van der Waals surface area contributed by atoms with Crippen LogP contribution in [0.15, 0.2) is 449 Å². The van der Waals surface area contributed by atoms with Crippen molar-refractivity contribution >= 4 is 127 Å². The number of halogens is 2. The van der Waals surface area contributed by atoms with E-state index in [1.807, 2.05) is 29.2 Å². The van der Waals surface area contributed by atoms with E-state index in [0.717, 1.165) is 39.0 Å². The molecule has 0 amide bonds. The van der Waals surface area contributed by atoms with Crippen LogP contribution in [-0.2, 0) is 0 Å². The summed E-state index contributed by atoms with van der Waals surface area (Å²) in [5, 5.41) is 19.4. The highest BCUT2D eigenvalue weighted by atomic mass is 127. The van der Waals surface area contributed by atoms with Crippen LogP contribution in [0, 0.1) is 0 Å². The van der Waals surface area contributed by atoms with Gasteiger partial charge < -0.3 is 10.2 Å². The minimum absolute atomic E-state index is 0.761. The van der Waals surface area contributed by atoms with E-state index in [9.17, 15) is 0 Å². The lowest BCUT2D eigenvalue weighted by atomic mass is 9.93. The van der Waals surface area contributed by atoms with Crippen LogP contribution in [-0.4, -0.2) is 4.93 Å². The summed E-state index contributed by atoms with van der Waals surface area (Å²) in [6.07, 6.45) is 0. The van der Waals surface area contributed by atoms with E-state index in [2.05, 4.69) is 457 Å². The van der Waals surface area contributed by atoms with Gasteiger partial charge in [0, 0.05) is 33.5 Å². The first-order valence-electron chi connectivity index (χ1n) is 38.2. The molecule has 0 saturated carbocycles. The van der Waals surface area contributed by atoms with Gasteiger partial charge in [0.2, 0.25) is 0 Å². The topological polar surface area (TPSA) is 15.3 Å². The Balaban J connectivity index is 0.000000134. The molecule has 0 aliphatic heterocycles. The van der Waals surface area contributed by atoms with Crippen LogP contribution in [0.1, 0.15) is 0 Å². The lowest BCUT2D eigenvalue weighted by Gasteiger charge is -2.26. The van der Waals surface area contributed by atoms with Crippen molar-refractivity contribution in [2.45, 2.75) is 0 Å². The van der Waals surface area contributed by atoms with Crippen molar-refractivity contribution in [3.63, 3.8) is 0 Å². The SMILES string of the molecule is CI.Clc1cccc(-c2cc(-c3ccccc3)c3ccccc3c2)c1.c1ccc(-c2cc(-c3cccc(N(c4ccc(-c5cccc6ccccc56)cc4)c4ccc(-c5cccc6ccccc56)cc4)c3)cc3ccccc23)cc1.c1ccc2c(-c3ccc(Nc4ccc(-c5cccc6ccccc56)cc4)cc3)cccc2c1. The first-order chi connectivity index (χ1) is 55.9. The van der Waals surface area contributed by atoms with Crippen LogP contribution in [0.5, 0.6) is 0 Å². The second-order valence-corrected chi connectivity index (χ2v) is 28.5. The maximum Gasteiger partial charge on any atom is 0.0467 e. The summed E-state index contributed by atoms with van der Waals surface area (Å²) in [5.41, 5.74) is 24.9. The van der Waals surface area contributed by atoms with Crippen molar-refractivity contribution in [3.05, 3.63) is 454 Å². The molecule has 0 bridgehead atoms. The highest BCUT2D eigenvalue weighted by Crippen LogP contribution is 2.43. The van der Waals surface area contributed by atoms with Gasteiger partial charge in [-0.25, -0.2) is 0 Å². The lowest BCUT2D eigenvalue weighted by molar-refractivity contribution is 1.28. The van der Waals surface area contributed by atoms with Gasteiger partial charge in [-0.3, -0.25) is 0 Å². The first-order valence-corrected chi connectivity index (χ1v) is 40.8. The fourth-order valence-electron chi connectivity index (χ4n) is 15.7. The molecule has 113 heavy (non-hydrogen) atoms. The molecule has 0 aliphatic carbocycles. The van der Waals surface area contributed by atoms with E-state index in [1.54, 1.807) is 0 Å². The van der Waals surface area contributed by atoms with Crippen LogP contribution in [0.4, 0.5) is 28.4 Å². The fourth-order valence-corrected chi connectivity index (χ4v) is 15.9. The van der Waals surface area contributed by atoms with Crippen LogP contribution in [0.25, 0.3) is 154 Å². The number of hydrogen-bond acceptors (Lipinski definition) is 2. The Morgan fingerprint density at radius 3 is 0.805 bits per heavy atom. The Hall–Kier alpha value is -13.4. The Bertz CT molecular complexity index is 6460. The Labute approximate surface area is 680 Å². The monoisotopic (exact) mass is 1580 g/mol. The summed E-state index contributed by atoms with van der Waals surface area (Å²) in [7, 11) is 0. The van der Waals surface area contributed by atoms with Gasteiger partial charge in [0.1, 0.15) is 0 Å². The molecule has 1 N–H and O–H groups in total. The quantitative estimate of drug-likeness (QED) is 0.0914. The molecule has 0 heterocycles. The molecule has 538 valence electrons. The molecule has 0 unspecified atom stereocenters. The van der Waals surface area contributed by atoms with Gasteiger partial charge in [-0.05, 0) is 256 Å². The van der Waals surface area contributed by atoms with E-state index in [-0.39, 0.29) is 0 Å². The molecule has 20 rings (SSSR count). The summed E-state index contributed by atoms with van der Waals surface area (Å²) in [6.45, 7) is 0. The summed E-state index contributed by atoms with van der Waals surface area (Å²) < 4.78 is 0. The first kappa shape index (κ1) is 72.4. The van der Waals surface area contributed by atoms with E-state index in [1.165, 1.54) is 148 Å². The van der Waals surface area contributed by atoms with E-state index in [4.69, 9.17) is 11.6 Å². The summed E-state index contributed by atoms with van der Waals surface area (Å²) >= 11 is 8.32. The predicted octanol–water partition coefficient (Wildman–Crippen LogP) is 32.2. The predicted molar refractivity (Wildman–Crippen MR) is 497 cm³/mol. The number of fused-ring (bicyclic) bond motifs is 6. The molecule has 0 radical (unpaired) electrons. The van der Waals surface area contributed by atoms with Crippen molar-refractivity contribution in [1.82, 2.24) is 0 Å². The second kappa shape index (κ2) is 33.8. The minimum atomic E-state index is 0.761. The van der Waals surface area contributed by atoms with Crippen molar-refractivity contribution < 1.29 is 0 Å². The lowest BCUT2D eigenvalue weighted by Crippen LogP contribution is -2.10. The molecule has 20 aromatic rings. The fraction of sp³-hybridized carbons (Fsp3) is 0.00917. The minimum Gasteiger partial charge on any atom is -0.356 e. The number of alkyl halides is 1. The third-order valence-corrected chi connectivity index (χ3v) is 21.4. The maximum absolute atomic E-state index is 6.17. The molecule has 20 aromatic carbocycles. The number of nitrogens with one attached hydrogen (secondary N) is 1. The van der Waals surface area contributed by atoms with Crippen LogP contribution >= 0.6 is 34.2 Å². The summed E-state index contributed by atoms with van der Waals surface area (Å²) in [6, 6.07) is 160. The molecular formula is C109H78ClIN2. The van der Waals surface area contributed by atoms with Gasteiger partial charge in [0.05, 0.1) is 0 Å². The number of rotatable bonds is 13. The molecule has 0 saturated heterocycles. The highest BCUT2D eigenvalue weighted by Gasteiger charge is 2.18. The van der Waals surface area contributed by atoms with Gasteiger partial charge in [0.25, 0.3) is 0 Å². The number of benzene rings is 20. The molecule has 2 nitrogen and oxygen atoms in total. The van der Waals surface area contributed by atoms with E-state index in [0.29, 0.717) is 0 Å². The molecule has 0 spiro atoms. The van der Waals surface area contributed by atoms with Crippen LogP contribution in [0.2, 0.25) is 5.02 Å². The van der Waals surface area contributed by atoms with E-state index >= 15 is 0 Å². The number of nitrogens with zero attached hydrogens (tertiary/aromatic N) is 1. The van der Waals surface area contributed by atoms with Gasteiger partial charge in [-0.2, -0.15) is 0 Å². The zero-order valence-electron chi connectivity index (χ0n) is 62.4. The van der Waals surface area contributed by atoms with Gasteiger partial charge in [-0.1, -0.05) is 386 Å². The second-order valence-electron chi connectivity index (χ2n) is 28.1. The molecular weight excluding hydrogens is 1500 g/mol. The molecule has 0 atom stereocenters. The van der Waals surface area contributed by atoms with Crippen molar-refractivity contribution in [3.8, 4) is 89.0 Å². The Morgan fingerprint density at radius 2 is 0.451 bits per heavy atom.